The summed E-state index contributed by atoms with van der Waals surface area (Å²) in [5, 5.41) is 0. The molecule has 0 aromatic carbocycles. The fraction of sp³-hybridized carbons (Fsp3) is 1.00. The van der Waals surface area contributed by atoms with Gasteiger partial charge in [0.2, 0.25) is 0 Å². The summed E-state index contributed by atoms with van der Waals surface area (Å²) >= 11 is 2.33. The molecule has 2 rings (SSSR count). The zero-order chi connectivity index (χ0) is 14.4. The van der Waals surface area contributed by atoms with Crippen LogP contribution in [0.2, 0.25) is 0 Å². The minimum absolute atomic E-state index is 0.859. The fourth-order valence-corrected chi connectivity index (χ4v) is 4.85. The van der Waals surface area contributed by atoms with Gasteiger partial charge in [-0.3, -0.25) is 4.72 Å². The van der Waals surface area contributed by atoms with Crippen molar-refractivity contribution in [3.05, 3.63) is 0 Å². The number of halogens is 1. The minimum atomic E-state index is 0.859. The van der Waals surface area contributed by atoms with E-state index in [4.69, 9.17) is 0 Å². The fourth-order valence-electron chi connectivity index (χ4n) is 4.01. The number of hydrogen-bond donors (Lipinski definition) is 1. The van der Waals surface area contributed by atoms with Crippen LogP contribution in [0.1, 0.15) is 58.3 Å². The van der Waals surface area contributed by atoms with Crippen LogP contribution in [-0.2, 0) is 0 Å². The number of nitrogens with zero attached hydrogens (tertiary/aromatic N) is 1. The first-order valence-corrected chi connectivity index (χ1v) is 11.8. The average Bonchev–Trinajstić information content (AvgIpc) is 2.48. The van der Waals surface area contributed by atoms with Crippen LogP contribution >= 0.6 is 30.3 Å². The lowest BCUT2D eigenvalue weighted by molar-refractivity contribution is 0.128. The molecule has 2 aliphatic carbocycles. The van der Waals surface area contributed by atoms with Crippen LogP contribution in [0.15, 0.2) is 0 Å². The van der Waals surface area contributed by atoms with Crippen molar-refractivity contribution in [3.8, 4) is 0 Å². The Kier molecular flexibility index (Phi) is 7.99. The summed E-state index contributed by atoms with van der Waals surface area (Å²) in [6.45, 7) is 4.97. The molecule has 0 heterocycles. The maximum atomic E-state index is 3.42. The van der Waals surface area contributed by atoms with Crippen molar-refractivity contribution in [2.24, 2.45) is 17.8 Å². The van der Waals surface area contributed by atoms with E-state index in [-0.39, 0.29) is 0 Å². The van der Waals surface area contributed by atoms with Crippen LogP contribution in [0.4, 0.5) is 0 Å². The molecule has 2 fully saturated rings. The molecule has 0 saturated heterocycles. The normalized spacial score (nSPS) is 35.4. The van der Waals surface area contributed by atoms with Crippen molar-refractivity contribution < 1.29 is 0 Å². The molecule has 0 aliphatic heterocycles. The predicted molar refractivity (Wildman–Crippen MR) is 99.1 cm³/mol. The van der Waals surface area contributed by atoms with E-state index in [0.29, 0.717) is 0 Å². The van der Waals surface area contributed by atoms with Gasteiger partial charge in [-0.15, -0.1) is 0 Å². The van der Waals surface area contributed by atoms with Gasteiger partial charge in [-0.1, -0.05) is 19.8 Å². The molecule has 0 aromatic heterocycles. The molecule has 1 N–H and O–H groups in total. The van der Waals surface area contributed by atoms with Gasteiger partial charge in [0.15, 0.2) is 0 Å². The van der Waals surface area contributed by atoms with Crippen molar-refractivity contribution >= 4 is 30.3 Å². The lowest BCUT2D eigenvalue weighted by Gasteiger charge is -2.37. The maximum Gasteiger partial charge on any atom is 0.0143 e. The number of nitrogens with one attached hydrogen (secondary N) is 1. The van der Waals surface area contributed by atoms with Gasteiger partial charge in [0.25, 0.3) is 0 Å². The van der Waals surface area contributed by atoms with Crippen molar-refractivity contribution in [1.82, 2.24) is 9.62 Å². The standard InChI is InChI=1S/C16H31IN2S/c1-13-3-5-15(6-4-13)12-19(2)16-9-7-14(8-10-16)11-18-20-17/h13-16,18H,3-12H2,1-2H3. The van der Waals surface area contributed by atoms with Gasteiger partial charge >= 0.3 is 0 Å². The van der Waals surface area contributed by atoms with E-state index in [2.05, 4.69) is 44.8 Å². The first kappa shape index (κ1) is 17.4. The summed E-state index contributed by atoms with van der Waals surface area (Å²) < 4.78 is 3.42. The smallest absolute Gasteiger partial charge is 0.0143 e. The summed E-state index contributed by atoms with van der Waals surface area (Å²) in [6, 6.07) is 0.859. The molecule has 118 valence electrons. The Bertz CT molecular complexity index is 261. The van der Waals surface area contributed by atoms with Crippen LogP contribution in [0.25, 0.3) is 0 Å². The molecular formula is C16H31IN2S. The van der Waals surface area contributed by atoms with E-state index in [1.807, 2.05) is 0 Å². The summed E-state index contributed by atoms with van der Waals surface area (Å²) in [7, 11) is 4.11. The Labute approximate surface area is 141 Å². The molecule has 0 aromatic rings. The Morgan fingerprint density at radius 3 is 2.20 bits per heavy atom. The van der Waals surface area contributed by atoms with Crippen LogP contribution in [0.3, 0.4) is 0 Å². The second kappa shape index (κ2) is 9.21. The van der Waals surface area contributed by atoms with E-state index in [9.17, 15) is 0 Å². The molecule has 2 saturated carbocycles. The zero-order valence-electron chi connectivity index (χ0n) is 13.1. The second-order valence-electron chi connectivity index (χ2n) is 7.17. The SMILES string of the molecule is CC1CCC(CN(C)C2CCC(CNSI)CC2)CC1. The molecule has 4 heteroatoms. The Morgan fingerprint density at radius 2 is 1.60 bits per heavy atom. The number of hydrogen-bond acceptors (Lipinski definition) is 3. The minimum Gasteiger partial charge on any atom is -0.303 e. The highest BCUT2D eigenvalue weighted by atomic mass is 127. The largest absolute Gasteiger partial charge is 0.303 e. The molecule has 0 atom stereocenters. The lowest BCUT2D eigenvalue weighted by Crippen LogP contribution is -2.39. The molecule has 2 aliphatic rings. The third-order valence-corrected chi connectivity index (χ3v) is 6.76. The summed E-state index contributed by atoms with van der Waals surface area (Å²) in [4.78, 5) is 2.69. The van der Waals surface area contributed by atoms with Gasteiger partial charge < -0.3 is 4.90 Å². The third-order valence-electron chi connectivity index (χ3n) is 5.55. The van der Waals surface area contributed by atoms with Crippen molar-refractivity contribution in [1.29, 1.82) is 0 Å². The molecule has 2 nitrogen and oxygen atoms in total. The van der Waals surface area contributed by atoms with Crippen molar-refractivity contribution in [2.75, 3.05) is 20.1 Å². The summed E-state index contributed by atoms with van der Waals surface area (Å²) in [6.07, 6.45) is 11.5. The summed E-state index contributed by atoms with van der Waals surface area (Å²) in [5.74, 6) is 2.87. The molecule has 0 unspecified atom stereocenters. The first-order chi connectivity index (χ1) is 9.69. The molecule has 0 bridgehead atoms. The first-order valence-electron chi connectivity index (χ1n) is 8.39. The highest BCUT2D eigenvalue weighted by Gasteiger charge is 2.26. The second-order valence-corrected chi connectivity index (χ2v) is 8.93. The Hall–Kier alpha value is 1.00. The van der Waals surface area contributed by atoms with E-state index >= 15 is 0 Å². The molecule has 20 heavy (non-hydrogen) atoms. The highest BCUT2D eigenvalue weighted by Crippen LogP contribution is 2.31. The zero-order valence-corrected chi connectivity index (χ0v) is 16.1. The van der Waals surface area contributed by atoms with Crippen molar-refractivity contribution in [3.63, 3.8) is 0 Å². The van der Waals surface area contributed by atoms with Gasteiger partial charge in [-0.2, -0.15) is 0 Å². The number of rotatable bonds is 6. The van der Waals surface area contributed by atoms with E-state index in [0.717, 1.165) is 23.8 Å². The molecular weight excluding hydrogens is 379 g/mol. The van der Waals surface area contributed by atoms with E-state index < -0.39 is 0 Å². The Balaban J connectivity index is 1.65. The van der Waals surface area contributed by atoms with Crippen LogP contribution in [0, 0.1) is 17.8 Å². The monoisotopic (exact) mass is 410 g/mol. The molecule has 0 spiro atoms. The van der Waals surface area contributed by atoms with Crippen LogP contribution in [0.5, 0.6) is 0 Å². The van der Waals surface area contributed by atoms with E-state index in [1.165, 1.54) is 64.5 Å². The van der Waals surface area contributed by atoms with Gasteiger partial charge in [0.05, 0.1) is 0 Å². The van der Waals surface area contributed by atoms with Gasteiger partial charge in [0, 0.05) is 40.3 Å². The molecule has 0 radical (unpaired) electrons. The summed E-state index contributed by atoms with van der Waals surface area (Å²) in [5.41, 5.74) is 0. The van der Waals surface area contributed by atoms with Crippen molar-refractivity contribution in [2.45, 2.75) is 64.3 Å². The topological polar surface area (TPSA) is 15.3 Å². The van der Waals surface area contributed by atoms with Gasteiger partial charge in [0.1, 0.15) is 0 Å². The molecule has 0 amide bonds. The van der Waals surface area contributed by atoms with Crippen LogP contribution in [-0.4, -0.2) is 31.1 Å². The lowest BCUT2D eigenvalue weighted by atomic mass is 9.81. The highest BCUT2D eigenvalue weighted by molar-refractivity contribution is 14.2. The van der Waals surface area contributed by atoms with Gasteiger partial charge in [-0.25, -0.2) is 0 Å². The Morgan fingerprint density at radius 1 is 1.00 bits per heavy atom. The quantitative estimate of drug-likeness (QED) is 0.496. The van der Waals surface area contributed by atoms with Crippen LogP contribution < -0.4 is 4.72 Å². The van der Waals surface area contributed by atoms with E-state index in [1.54, 1.807) is 9.12 Å². The maximum absolute atomic E-state index is 3.42. The predicted octanol–water partition coefficient (Wildman–Crippen LogP) is 4.89. The third kappa shape index (κ3) is 5.65. The van der Waals surface area contributed by atoms with Gasteiger partial charge in [-0.05, 0) is 72.4 Å². The average molecular weight is 410 g/mol.